The number of ether oxygens (including phenoxy) is 2. The molecule has 1 aromatic heterocycles. The van der Waals surface area contributed by atoms with Crippen LogP contribution in [0.5, 0.6) is 5.75 Å². The Balaban J connectivity index is 2.68. The summed E-state index contributed by atoms with van der Waals surface area (Å²) in [6.07, 6.45) is 0. The molecule has 4 nitrogen and oxygen atoms in total. The molecule has 0 unspecified atom stereocenters. The lowest BCUT2D eigenvalue weighted by atomic mass is 10.1. The minimum absolute atomic E-state index is 0.290. The van der Waals surface area contributed by atoms with Gasteiger partial charge in [0.1, 0.15) is 0 Å². The number of methoxy groups -OCH3 is 1. The molecule has 1 aromatic carbocycles. The summed E-state index contributed by atoms with van der Waals surface area (Å²) in [6.45, 7) is 3.24. The highest BCUT2D eigenvalue weighted by Crippen LogP contribution is 2.38. The zero-order chi connectivity index (χ0) is 13.3. The van der Waals surface area contributed by atoms with Crippen molar-refractivity contribution in [3.63, 3.8) is 0 Å². The molecular weight excluding hydrogens is 252 g/mol. The third kappa shape index (κ3) is 2.22. The molecular formula is C13H12O4S. The van der Waals surface area contributed by atoms with Gasteiger partial charge in [0.25, 0.3) is 0 Å². The molecule has 2 aromatic rings. The summed E-state index contributed by atoms with van der Waals surface area (Å²) >= 11 is 1.26. The Labute approximate surface area is 108 Å². The summed E-state index contributed by atoms with van der Waals surface area (Å²) in [6, 6.07) is 5.72. The van der Waals surface area contributed by atoms with E-state index in [0.29, 0.717) is 4.88 Å². The number of hydrogen-bond donors (Lipinski definition) is 0. The van der Waals surface area contributed by atoms with Crippen LogP contribution in [0.3, 0.4) is 0 Å². The van der Waals surface area contributed by atoms with Crippen LogP contribution in [0.2, 0.25) is 0 Å². The Hall–Kier alpha value is -1.88. The third-order valence-corrected chi connectivity index (χ3v) is 3.55. The van der Waals surface area contributed by atoms with Crippen molar-refractivity contribution in [2.75, 3.05) is 7.11 Å². The lowest BCUT2D eigenvalue weighted by molar-refractivity contribution is -0.131. The van der Waals surface area contributed by atoms with Crippen LogP contribution in [0.15, 0.2) is 18.2 Å². The highest BCUT2D eigenvalue weighted by Gasteiger charge is 2.21. The molecule has 0 atom stereocenters. The van der Waals surface area contributed by atoms with E-state index in [1.165, 1.54) is 25.4 Å². The first-order valence-electron chi connectivity index (χ1n) is 5.33. The summed E-state index contributed by atoms with van der Waals surface area (Å²) in [5.74, 6) is -0.662. The minimum Gasteiger partial charge on any atom is -0.465 e. The first-order chi connectivity index (χ1) is 8.52. The van der Waals surface area contributed by atoms with Crippen molar-refractivity contribution in [2.24, 2.45) is 0 Å². The van der Waals surface area contributed by atoms with Gasteiger partial charge in [-0.1, -0.05) is 11.6 Å². The van der Waals surface area contributed by atoms with E-state index in [4.69, 9.17) is 9.47 Å². The molecule has 2 rings (SSSR count). The smallest absolute Gasteiger partial charge is 0.351 e. The van der Waals surface area contributed by atoms with Gasteiger partial charge in [0.05, 0.1) is 7.11 Å². The van der Waals surface area contributed by atoms with Gasteiger partial charge in [0.15, 0.2) is 10.6 Å². The van der Waals surface area contributed by atoms with Crippen LogP contribution < -0.4 is 4.74 Å². The zero-order valence-electron chi connectivity index (χ0n) is 10.3. The molecule has 0 bridgehead atoms. The van der Waals surface area contributed by atoms with Crippen LogP contribution in [-0.4, -0.2) is 19.0 Å². The summed E-state index contributed by atoms with van der Waals surface area (Å²) in [5, 5.41) is 0.760. The zero-order valence-corrected chi connectivity index (χ0v) is 11.1. The topological polar surface area (TPSA) is 52.6 Å². The SMILES string of the molecule is COC(=O)c1sc2ccc(C)cc2c1OC(C)=O. The predicted octanol–water partition coefficient (Wildman–Crippen LogP) is 2.92. The van der Waals surface area contributed by atoms with Gasteiger partial charge in [-0.15, -0.1) is 11.3 Å². The van der Waals surface area contributed by atoms with Gasteiger partial charge in [-0.25, -0.2) is 4.79 Å². The highest BCUT2D eigenvalue weighted by molar-refractivity contribution is 7.21. The number of esters is 2. The molecule has 0 N–H and O–H groups in total. The molecule has 18 heavy (non-hydrogen) atoms. The molecule has 1 heterocycles. The van der Waals surface area contributed by atoms with E-state index in [1.807, 2.05) is 25.1 Å². The Morgan fingerprint density at radius 3 is 2.61 bits per heavy atom. The van der Waals surface area contributed by atoms with Crippen molar-refractivity contribution in [1.82, 2.24) is 0 Å². The maximum atomic E-state index is 11.7. The van der Waals surface area contributed by atoms with Gasteiger partial charge < -0.3 is 9.47 Å². The Bertz CT molecular complexity index is 627. The fraction of sp³-hybridized carbons (Fsp3) is 0.231. The highest BCUT2D eigenvalue weighted by atomic mass is 32.1. The number of fused-ring (bicyclic) bond motifs is 1. The van der Waals surface area contributed by atoms with Gasteiger partial charge in [-0.2, -0.15) is 0 Å². The average molecular weight is 264 g/mol. The van der Waals surface area contributed by atoms with Crippen molar-refractivity contribution < 1.29 is 19.1 Å². The van der Waals surface area contributed by atoms with Crippen LogP contribution in [0.4, 0.5) is 0 Å². The van der Waals surface area contributed by atoms with Crippen LogP contribution >= 0.6 is 11.3 Å². The van der Waals surface area contributed by atoms with Crippen LogP contribution in [0.25, 0.3) is 10.1 Å². The second kappa shape index (κ2) is 4.78. The molecule has 0 saturated heterocycles. The van der Waals surface area contributed by atoms with E-state index in [0.717, 1.165) is 15.6 Å². The van der Waals surface area contributed by atoms with Crippen LogP contribution in [0.1, 0.15) is 22.2 Å². The monoisotopic (exact) mass is 264 g/mol. The first-order valence-corrected chi connectivity index (χ1v) is 6.14. The number of aryl methyl sites for hydroxylation is 1. The molecule has 0 saturated carbocycles. The molecule has 0 aliphatic heterocycles. The van der Waals surface area contributed by atoms with E-state index < -0.39 is 11.9 Å². The van der Waals surface area contributed by atoms with E-state index in [9.17, 15) is 9.59 Å². The molecule has 0 fully saturated rings. The summed E-state index contributed by atoms with van der Waals surface area (Å²) in [5.41, 5.74) is 1.03. The van der Waals surface area contributed by atoms with Crippen molar-refractivity contribution in [3.8, 4) is 5.75 Å². The second-order valence-electron chi connectivity index (χ2n) is 3.85. The van der Waals surface area contributed by atoms with Gasteiger partial charge in [0.2, 0.25) is 0 Å². The summed E-state index contributed by atoms with van der Waals surface area (Å²) in [7, 11) is 1.30. The number of carbonyl (C=O) groups is 2. The van der Waals surface area contributed by atoms with Gasteiger partial charge in [-0.3, -0.25) is 4.79 Å². The quantitative estimate of drug-likeness (QED) is 0.782. The number of rotatable bonds is 2. The second-order valence-corrected chi connectivity index (χ2v) is 4.90. The predicted molar refractivity (Wildman–Crippen MR) is 69.2 cm³/mol. The van der Waals surface area contributed by atoms with Crippen molar-refractivity contribution >= 4 is 33.4 Å². The summed E-state index contributed by atoms with van der Waals surface area (Å²) in [4.78, 5) is 23.1. The lowest BCUT2D eigenvalue weighted by Gasteiger charge is -2.02. The van der Waals surface area contributed by atoms with Crippen LogP contribution in [-0.2, 0) is 9.53 Å². The fourth-order valence-corrected chi connectivity index (χ4v) is 2.69. The van der Waals surface area contributed by atoms with Gasteiger partial charge in [-0.05, 0) is 19.1 Å². The Morgan fingerprint density at radius 1 is 1.28 bits per heavy atom. The lowest BCUT2D eigenvalue weighted by Crippen LogP contribution is -2.06. The molecule has 5 heteroatoms. The molecule has 0 aliphatic carbocycles. The first kappa shape index (κ1) is 12.6. The van der Waals surface area contributed by atoms with Crippen molar-refractivity contribution in [3.05, 3.63) is 28.6 Å². The maximum Gasteiger partial charge on any atom is 0.351 e. The van der Waals surface area contributed by atoms with Crippen LogP contribution in [0, 0.1) is 6.92 Å². The van der Waals surface area contributed by atoms with E-state index in [1.54, 1.807) is 0 Å². The van der Waals surface area contributed by atoms with Gasteiger partial charge in [0, 0.05) is 17.0 Å². The van der Waals surface area contributed by atoms with E-state index >= 15 is 0 Å². The number of hydrogen-bond acceptors (Lipinski definition) is 5. The molecule has 0 radical (unpaired) electrons. The maximum absolute atomic E-state index is 11.7. The largest absolute Gasteiger partial charge is 0.465 e. The van der Waals surface area contributed by atoms with Gasteiger partial charge >= 0.3 is 11.9 Å². The minimum atomic E-state index is -0.495. The molecule has 94 valence electrons. The number of thiophene rings is 1. The van der Waals surface area contributed by atoms with Crippen molar-refractivity contribution in [1.29, 1.82) is 0 Å². The number of carbonyl (C=O) groups excluding carboxylic acids is 2. The average Bonchev–Trinajstić information content (AvgIpc) is 2.66. The van der Waals surface area contributed by atoms with Crippen molar-refractivity contribution in [2.45, 2.75) is 13.8 Å². The third-order valence-electron chi connectivity index (χ3n) is 2.41. The normalized spacial score (nSPS) is 10.4. The summed E-state index contributed by atoms with van der Waals surface area (Å²) < 4.78 is 10.7. The van der Waals surface area contributed by atoms with E-state index in [2.05, 4.69) is 0 Å². The number of benzene rings is 1. The standard InChI is InChI=1S/C13H12O4S/c1-7-4-5-10-9(6-7)11(17-8(2)14)12(18-10)13(15)16-3/h4-6H,1-3H3. The Kier molecular flexibility index (Phi) is 3.34. The molecule has 0 spiro atoms. The Morgan fingerprint density at radius 2 is 2.00 bits per heavy atom. The molecule has 0 aliphatic rings. The fourth-order valence-electron chi connectivity index (χ4n) is 1.66. The molecule has 0 amide bonds. The van der Waals surface area contributed by atoms with E-state index in [-0.39, 0.29) is 5.75 Å².